The molecule has 0 atom stereocenters. The van der Waals surface area contributed by atoms with Crippen molar-refractivity contribution >= 4 is 23.1 Å². The number of para-hydroxylation sites is 1. The molecule has 0 spiro atoms. The Kier molecular flexibility index (Phi) is 5.79. The number of thioether (sulfide) groups is 1. The van der Waals surface area contributed by atoms with E-state index in [1.54, 1.807) is 16.4 Å². The summed E-state index contributed by atoms with van der Waals surface area (Å²) >= 11 is 3.54. The van der Waals surface area contributed by atoms with Gasteiger partial charge in [0, 0.05) is 22.1 Å². The normalized spacial score (nSPS) is 11.0. The number of tetrazole rings is 1. The first-order valence-corrected chi connectivity index (χ1v) is 9.36. The molecule has 1 aromatic carbocycles. The molecule has 0 saturated heterocycles. The van der Waals surface area contributed by atoms with Crippen molar-refractivity contribution in [2.75, 3.05) is 12.3 Å². The predicted octanol–water partition coefficient (Wildman–Crippen LogP) is 3.30. The first kappa shape index (κ1) is 16.2. The molecule has 0 radical (unpaired) electrons. The zero-order valence-electron chi connectivity index (χ0n) is 13.0. The molecule has 3 aromatic rings. The standard InChI is InChI=1S/C16H19N5S2/c1-13-8-9-15(23-13)12-17-10-5-11-22-16-18-19-20-21(16)14-6-3-2-4-7-14/h2-4,6-9,17H,5,10-12H2,1H3. The van der Waals surface area contributed by atoms with Crippen LogP contribution >= 0.6 is 23.1 Å². The number of aromatic nitrogens is 4. The summed E-state index contributed by atoms with van der Waals surface area (Å²) in [6.45, 7) is 4.09. The Morgan fingerprint density at radius 3 is 2.83 bits per heavy atom. The third-order valence-electron chi connectivity index (χ3n) is 3.27. The minimum atomic E-state index is 0.838. The molecule has 5 nitrogen and oxygen atoms in total. The predicted molar refractivity (Wildman–Crippen MR) is 95.3 cm³/mol. The van der Waals surface area contributed by atoms with Crippen LogP contribution in [0.1, 0.15) is 16.2 Å². The van der Waals surface area contributed by atoms with E-state index >= 15 is 0 Å². The lowest BCUT2D eigenvalue weighted by atomic mass is 10.3. The number of nitrogens with zero attached hydrogens (tertiary/aromatic N) is 4. The van der Waals surface area contributed by atoms with Crippen LogP contribution in [-0.4, -0.2) is 32.5 Å². The summed E-state index contributed by atoms with van der Waals surface area (Å²) in [4.78, 5) is 2.76. The average Bonchev–Trinajstić information content (AvgIpc) is 3.20. The van der Waals surface area contributed by atoms with Crippen LogP contribution in [0, 0.1) is 6.92 Å². The molecule has 7 heteroatoms. The summed E-state index contributed by atoms with van der Waals surface area (Å²) in [6.07, 6.45) is 1.08. The van der Waals surface area contributed by atoms with Gasteiger partial charge in [-0.15, -0.1) is 16.4 Å². The third kappa shape index (κ3) is 4.63. The Labute approximate surface area is 144 Å². The molecule has 0 fully saturated rings. The van der Waals surface area contributed by atoms with E-state index in [2.05, 4.69) is 39.9 Å². The first-order valence-electron chi connectivity index (χ1n) is 7.55. The topological polar surface area (TPSA) is 55.6 Å². The van der Waals surface area contributed by atoms with Gasteiger partial charge in [0.15, 0.2) is 0 Å². The smallest absolute Gasteiger partial charge is 0.214 e. The van der Waals surface area contributed by atoms with Crippen molar-refractivity contribution in [3.8, 4) is 5.69 Å². The molecule has 0 bridgehead atoms. The highest BCUT2D eigenvalue weighted by molar-refractivity contribution is 7.99. The van der Waals surface area contributed by atoms with Crippen molar-refractivity contribution < 1.29 is 0 Å². The Bertz CT molecular complexity index is 723. The quantitative estimate of drug-likeness (QED) is 0.501. The maximum atomic E-state index is 4.11. The maximum absolute atomic E-state index is 4.11. The van der Waals surface area contributed by atoms with Crippen LogP contribution in [0.4, 0.5) is 0 Å². The van der Waals surface area contributed by atoms with E-state index in [1.165, 1.54) is 9.75 Å². The summed E-state index contributed by atoms with van der Waals surface area (Å²) < 4.78 is 1.78. The summed E-state index contributed by atoms with van der Waals surface area (Å²) in [5, 5.41) is 16.3. The third-order valence-corrected chi connectivity index (χ3v) is 5.27. The van der Waals surface area contributed by atoms with E-state index in [0.29, 0.717) is 0 Å². The minimum Gasteiger partial charge on any atom is -0.312 e. The van der Waals surface area contributed by atoms with Gasteiger partial charge in [-0.25, -0.2) is 0 Å². The van der Waals surface area contributed by atoms with Crippen molar-refractivity contribution in [2.24, 2.45) is 0 Å². The Morgan fingerprint density at radius 1 is 1.17 bits per heavy atom. The minimum absolute atomic E-state index is 0.838. The van der Waals surface area contributed by atoms with E-state index < -0.39 is 0 Å². The van der Waals surface area contributed by atoms with Crippen molar-refractivity contribution in [3.63, 3.8) is 0 Å². The van der Waals surface area contributed by atoms with Gasteiger partial charge >= 0.3 is 0 Å². The number of hydrogen-bond donors (Lipinski definition) is 1. The fourth-order valence-electron chi connectivity index (χ4n) is 2.15. The molecule has 0 aliphatic rings. The lowest BCUT2D eigenvalue weighted by Gasteiger charge is -2.04. The molecule has 0 unspecified atom stereocenters. The SMILES string of the molecule is Cc1ccc(CNCCCSc2nnnn2-c2ccccc2)s1. The monoisotopic (exact) mass is 345 g/mol. The van der Waals surface area contributed by atoms with E-state index in [1.807, 2.05) is 41.7 Å². The van der Waals surface area contributed by atoms with Gasteiger partial charge < -0.3 is 5.32 Å². The summed E-state index contributed by atoms with van der Waals surface area (Å²) in [7, 11) is 0. The highest BCUT2D eigenvalue weighted by Gasteiger charge is 2.07. The van der Waals surface area contributed by atoms with Gasteiger partial charge in [-0.2, -0.15) is 4.68 Å². The lowest BCUT2D eigenvalue weighted by molar-refractivity contribution is 0.684. The highest BCUT2D eigenvalue weighted by atomic mass is 32.2. The van der Waals surface area contributed by atoms with Gasteiger partial charge in [-0.05, 0) is 54.6 Å². The molecule has 0 saturated carbocycles. The van der Waals surface area contributed by atoms with E-state index in [0.717, 1.165) is 36.1 Å². The molecule has 0 amide bonds. The largest absolute Gasteiger partial charge is 0.312 e. The number of hydrogen-bond acceptors (Lipinski definition) is 6. The number of nitrogens with one attached hydrogen (secondary N) is 1. The second-order valence-electron chi connectivity index (χ2n) is 5.10. The highest BCUT2D eigenvalue weighted by Crippen LogP contribution is 2.18. The van der Waals surface area contributed by atoms with Crippen LogP contribution in [0.15, 0.2) is 47.6 Å². The number of rotatable bonds is 8. The van der Waals surface area contributed by atoms with Crippen molar-refractivity contribution in [3.05, 3.63) is 52.2 Å². The number of aryl methyl sites for hydroxylation is 1. The zero-order chi connectivity index (χ0) is 15.9. The van der Waals surface area contributed by atoms with Crippen molar-refractivity contribution in [1.29, 1.82) is 0 Å². The van der Waals surface area contributed by atoms with Gasteiger partial charge in [0.2, 0.25) is 5.16 Å². The molecule has 2 heterocycles. The van der Waals surface area contributed by atoms with Gasteiger partial charge in [0.25, 0.3) is 0 Å². The molecule has 23 heavy (non-hydrogen) atoms. The van der Waals surface area contributed by atoms with Crippen LogP contribution < -0.4 is 5.32 Å². The van der Waals surface area contributed by atoms with E-state index in [9.17, 15) is 0 Å². The van der Waals surface area contributed by atoms with Gasteiger partial charge in [-0.3, -0.25) is 0 Å². The van der Waals surface area contributed by atoms with Crippen LogP contribution in [0.5, 0.6) is 0 Å². The first-order chi connectivity index (χ1) is 11.3. The van der Waals surface area contributed by atoms with Crippen molar-refractivity contribution in [2.45, 2.75) is 25.0 Å². The fourth-order valence-corrected chi connectivity index (χ4v) is 3.84. The maximum Gasteiger partial charge on any atom is 0.214 e. The van der Waals surface area contributed by atoms with Crippen molar-refractivity contribution in [1.82, 2.24) is 25.5 Å². The number of benzene rings is 1. The lowest BCUT2D eigenvalue weighted by Crippen LogP contribution is -2.14. The summed E-state index contributed by atoms with van der Waals surface area (Å²) in [5.74, 6) is 0.990. The van der Waals surface area contributed by atoms with Gasteiger partial charge in [0.1, 0.15) is 0 Å². The average molecular weight is 345 g/mol. The number of thiophene rings is 1. The molecule has 2 aromatic heterocycles. The molecular formula is C16H19N5S2. The zero-order valence-corrected chi connectivity index (χ0v) is 14.6. The summed E-state index contributed by atoms with van der Waals surface area (Å²) in [5.41, 5.74) is 0.992. The Balaban J connectivity index is 1.41. The van der Waals surface area contributed by atoms with Crippen LogP contribution in [-0.2, 0) is 6.54 Å². The molecule has 120 valence electrons. The molecule has 3 rings (SSSR count). The van der Waals surface area contributed by atoms with Crippen LogP contribution in [0.25, 0.3) is 5.69 Å². The van der Waals surface area contributed by atoms with Gasteiger partial charge in [0.05, 0.1) is 5.69 Å². The van der Waals surface area contributed by atoms with Gasteiger partial charge in [-0.1, -0.05) is 30.0 Å². The molecular weight excluding hydrogens is 326 g/mol. The summed E-state index contributed by atoms with van der Waals surface area (Å²) in [6, 6.07) is 14.3. The molecule has 1 N–H and O–H groups in total. The molecule has 0 aliphatic carbocycles. The second kappa shape index (κ2) is 8.24. The van der Waals surface area contributed by atoms with E-state index in [4.69, 9.17) is 0 Å². The molecule has 0 aliphatic heterocycles. The second-order valence-corrected chi connectivity index (χ2v) is 7.53. The Hall–Kier alpha value is -1.70. The van der Waals surface area contributed by atoms with Crippen LogP contribution in [0.2, 0.25) is 0 Å². The Morgan fingerprint density at radius 2 is 2.04 bits per heavy atom. The van der Waals surface area contributed by atoms with E-state index in [-0.39, 0.29) is 0 Å². The van der Waals surface area contributed by atoms with Crippen LogP contribution in [0.3, 0.4) is 0 Å². The fraction of sp³-hybridized carbons (Fsp3) is 0.312.